The van der Waals surface area contributed by atoms with E-state index in [1.807, 2.05) is 55.4 Å². The van der Waals surface area contributed by atoms with Gasteiger partial charge >= 0.3 is 23.9 Å². The Kier molecular flexibility index (Phi) is 13.9. The molecule has 0 bridgehead atoms. The topological polar surface area (TPSA) is 192 Å². The standard InChI is InChI=1S/2C20H32O8/c2*1-11-13(23-5)9-25-18(22)8-16-20(4,28-16)12(2)14(24-6)10-26-17(21)7-15-19(11,3)27-15/h2*11-16H,7-10H2,1-6H3/t2*11-,12-,13+,14+,15+,16+,19+,20+/m11/s1. The second kappa shape index (κ2) is 17.4. The summed E-state index contributed by atoms with van der Waals surface area (Å²) in [6.45, 7) is 16.2. The van der Waals surface area contributed by atoms with Gasteiger partial charge in [0.2, 0.25) is 0 Å². The van der Waals surface area contributed by atoms with Crippen molar-refractivity contribution in [2.24, 2.45) is 23.7 Å². The lowest BCUT2D eigenvalue weighted by molar-refractivity contribution is -0.151. The van der Waals surface area contributed by atoms with E-state index in [0.29, 0.717) is 0 Å². The van der Waals surface area contributed by atoms with Crippen LogP contribution >= 0.6 is 0 Å². The molecule has 16 heteroatoms. The van der Waals surface area contributed by atoms with Crippen LogP contribution in [0.3, 0.4) is 0 Å². The summed E-state index contributed by atoms with van der Waals surface area (Å²) in [5, 5.41) is 0. The molecule has 0 amide bonds. The predicted molar refractivity (Wildman–Crippen MR) is 195 cm³/mol. The summed E-state index contributed by atoms with van der Waals surface area (Å²) >= 11 is 0. The molecule has 0 N–H and O–H groups in total. The molecule has 0 spiro atoms. The Morgan fingerprint density at radius 2 is 0.571 bits per heavy atom. The van der Waals surface area contributed by atoms with Crippen molar-refractivity contribution in [3.05, 3.63) is 0 Å². The highest BCUT2D eigenvalue weighted by atomic mass is 16.6. The average molecular weight is 801 g/mol. The van der Waals surface area contributed by atoms with Gasteiger partial charge < -0.3 is 56.8 Å². The minimum atomic E-state index is -0.519. The van der Waals surface area contributed by atoms with E-state index in [1.54, 1.807) is 28.4 Å². The van der Waals surface area contributed by atoms with Crippen molar-refractivity contribution in [2.45, 2.75) is 152 Å². The van der Waals surface area contributed by atoms with Crippen LogP contribution in [-0.2, 0) is 76.0 Å². The molecule has 6 aliphatic rings. The summed E-state index contributed by atoms with van der Waals surface area (Å²) in [5.74, 6) is -1.53. The van der Waals surface area contributed by atoms with Crippen molar-refractivity contribution in [1.29, 1.82) is 0 Å². The first-order valence-corrected chi connectivity index (χ1v) is 19.8. The van der Waals surface area contributed by atoms with E-state index in [9.17, 15) is 19.2 Å². The van der Waals surface area contributed by atoms with E-state index in [0.717, 1.165) is 0 Å². The van der Waals surface area contributed by atoms with Crippen LogP contribution in [0, 0.1) is 23.7 Å². The Balaban J connectivity index is 0.000000214. The second-order valence-electron chi connectivity index (χ2n) is 17.0. The maximum absolute atomic E-state index is 12.3. The SMILES string of the molecule is CO[C@H]1COC(=O)C[C@@H]2O[C@@]2(C)[C@H](C)[C@@H](OC)COC(=O)C[C@@H]2O[C@@]2(C)[C@@H]1C.CO[C@H]1COC(=O)C[C@@H]2O[C@@]2(C)[C@H](C)[C@@H](OC)COC(=O)C[C@@H]2O[C@@]2(C)[C@@H]1C. The van der Waals surface area contributed by atoms with E-state index in [-0.39, 0.29) is 148 Å². The van der Waals surface area contributed by atoms with Gasteiger partial charge in [-0.3, -0.25) is 19.2 Å². The molecule has 0 unspecified atom stereocenters. The second-order valence-corrected chi connectivity index (χ2v) is 17.0. The molecule has 0 aliphatic carbocycles. The quantitative estimate of drug-likeness (QED) is 0.229. The first-order valence-electron chi connectivity index (χ1n) is 19.8. The summed E-state index contributed by atoms with van der Waals surface area (Å²) < 4.78 is 67.2. The van der Waals surface area contributed by atoms with Crippen LogP contribution in [0.5, 0.6) is 0 Å². The number of ether oxygens (including phenoxy) is 12. The lowest BCUT2D eigenvalue weighted by atomic mass is 9.86. The van der Waals surface area contributed by atoms with Crippen LogP contribution in [0.4, 0.5) is 0 Å². The van der Waals surface area contributed by atoms with Gasteiger partial charge in [0.1, 0.15) is 26.4 Å². The van der Waals surface area contributed by atoms with Gasteiger partial charge in [-0.15, -0.1) is 0 Å². The number of carbonyl (C=O) groups is 4. The number of cyclic esters (lactones) is 4. The highest BCUT2D eigenvalue weighted by Crippen LogP contribution is 2.50. The summed E-state index contributed by atoms with van der Waals surface area (Å²) in [7, 11) is 6.32. The van der Waals surface area contributed by atoms with Crippen molar-refractivity contribution in [3.63, 3.8) is 0 Å². The minimum Gasteiger partial charge on any atom is -0.463 e. The van der Waals surface area contributed by atoms with Crippen molar-refractivity contribution < 1.29 is 76.0 Å². The maximum atomic E-state index is 12.3. The molecule has 0 aromatic carbocycles. The molecule has 16 atom stereocenters. The van der Waals surface area contributed by atoms with Gasteiger partial charge in [-0.25, -0.2) is 0 Å². The largest absolute Gasteiger partial charge is 0.463 e. The monoisotopic (exact) mass is 800 g/mol. The summed E-state index contributed by atoms with van der Waals surface area (Å²) in [5.41, 5.74) is -2.07. The fraction of sp³-hybridized carbons (Fsp3) is 0.900. The Bertz CT molecular complexity index is 1220. The smallest absolute Gasteiger partial charge is 0.308 e. The van der Waals surface area contributed by atoms with Crippen LogP contribution in [-0.4, -0.2) is 150 Å². The van der Waals surface area contributed by atoms with E-state index in [1.165, 1.54) is 0 Å². The van der Waals surface area contributed by atoms with Gasteiger partial charge in [-0.1, -0.05) is 27.7 Å². The third-order valence-electron chi connectivity index (χ3n) is 14.0. The van der Waals surface area contributed by atoms with Gasteiger partial charge in [-0.05, 0) is 27.7 Å². The number of rotatable bonds is 4. The molecule has 6 aliphatic heterocycles. The molecule has 56 heavy (non-hydrogen) atoms. The number of hydrogen-bond donors (Lipinski definition) is 0. The Morgan fingerprint density at radius 3 is 0.732 bits per heavy atom. The van der Waals surface area contributed by atoms with Gasteiger partial charge in [0.05, 0.1) is 96.9 Å². The zero-order valence-electron chi connectivity index (χ0n) is 35.1. The molecule has 0 aromatic heterocycles. The first-order chi connectivity index (χ1) is 26.3. The summed E-state index contributed by atoms with van der Waals surface area (Å²) in [6, 6.07) is 0. The zero-order chi connectivity index (χ0) is 41.4. The van der Waals surface area contributed by atoms with Crippen LogP contribution in [0.2, 0.25) is 0 Å². The predicted octanol–water partition coefficient (Wildman–Crippen LogP) is 2.97. The molecular formula is C40H64O16. The van der Waals surface area contributed by atoms with Crippen molar-refractivity contribution in [3.8, 4) is 0 Å². The molecule has 0 saturated carbocycles. The first kappa shape index (κ1) is 44.7. The van der Waals surface area contributed by atoms with E-state index in [4.69, 9.17) is 56.8 Å². The Morgan fingerprint density at radius 1 is 0.393 bits per heavy atom. The van der Waals surface area contributed by atoms with Crippen molar-refractivity contribution in [2.75, 3.05) is 54.9 Å². The lowest BCUT2D eigenvalue weighted by Crippen LogP contribution is -2.39. The zero-order valence-corrected chi connectivity index (χ0v) is 35.1. The molecule has 0 radical (unpaired) electrons. The molecule has 16 nitrogen and oxygen atoms in total. The van der Waals surface area contributed by atoms with E-state index >= 15 is 0 Å². The van der Waals surface area contributed by atoms with Gasteiger partial charge in [0, 0.05) is 52.1 Å². The van der Waals surface area contributed by atoms with Crippen LogP contribution < -0.4 is 0 Å². The van der Waals surface area contributed by atoms with Crippen molar-refractivity contribution in [1.82, 2.24) is 0 Å². The van der Waals surface area contributed by atoms with Crippen LogP contribution in [0.1, 0.15) is 81.1 Å². The Labute approximate surface area is 330 Å². The number of epoxide rings is 4. The Hall–Kier alpha value is -2.44. The molecule has 6 saturated heterocycles. The maximum Gasteiger partial charge on any atom is 0.308 e. The van der Waals surface area contributed by atoms with Gasteiger partial charge in [-0.2, -0.15) is 0 Å². The minimum absolute atomic E-state index is 0.0646. The highest BCUT2D eigenvalue weighted by Gasteiger charge is 2.62. The third-order valence-corrected chi connectivity index (χ3v) is 14.0. The van der Waals surface area contributed by atoms with E-state index < -0.39 is 22.4 Å². The highest BCUT2D eigenvalue weighted by molar-refractivity contribution is 5.72. The third kappa shape index (κ3) is 9.54. The molecular weight excluding hydrogens is 736 g/mol. The van der Waals surface area contributed by atoms with E-state index in [2.05, 4.69) is 0 Å². The lowest BCUT2D eigenvalue weighted by Gasteiger charge is -2.27. The number of methoxy groups -OCH3 is 4. The fourth-order valence-corrected chi connectivity index (χ4v) is 8.35. The summed E-state index contributed by atoms with van der Waals surface area (Å²) in [6.07, 6.45) is -1.64. The fourth-order valence-electron chi connectivity index (χ4n) is 8.35. The molecule has 320 valence electrons. The number of carbonyl (C=O) groups excluding carboxylic acids is 4. The molecule has 6 rings (SSSR count). The number of fused-ring (bicyclic) bond motifs is 4. The van der Waals surface area contributed by atoms with Crippen LogP contribution in [0.25, 0.3) is 0 Å². The molecule has 6 heterocycles. The van der Waals surface area contributed by atoms with Gasteiger partial charge in [0.15, 0.2) is 0 Å². The van der Waals surface area contributed by atoms with Gasteiger partial charge in [0.25, 0.3) is 0 Å². The summed E-state index contributed by atoms with van der Waals surface area (Å²) in [4.78, 5) is 49.2. The molecule has 0 aromatic rings. The van der Waals surface area contributed by atoms with Crippen molar-refractivity contribution >= 4 is 23.9 Å². The normalized spacial score (nSPS) is 47.4. The average Bonchev–Trinajstić information content (AvgIpc) is 4.12. The number of esters is 4. The van der Waals surface area contributed by atoms with Crippen LogP contribution in [0.15, 0.2) is 0 Å². The molecule has 6 fully saturated rings. The number of hydrogen-bond acceptors (Lipinski definition) is 16.